The predicted molar refractivity (Wildman–Crippen MR) is 137 cm³/mol. The summed E-state index contributed by atoms with van der Waals surface area (Å²) < 4.78 is 0. The van der Waals surface area contributed by atoms with Gasteiger partial charge in [0.1, 0.15) is 6.04 Å². The Labute approximate surface area is 202 Å². The van der Waals surface area contributed by atoms with Gasteiger partial charge in [0.15, 0.2) is 5.81 Å². The van der Waals surface area contributed by atoms with Crippen molar-refractivity contribution in [3.8, 4) is 0 Å². The first-order valence-corrected chi connectivity index (χ1v) is 13.0. The van der Waals surface area contributed by atoms with E-state index >= 15 is 0 Å². The number of carbonyl (C=O) groups is 2. The van der Waals surface area contributed by atoms with Crippen molar-refractivity contribution in [2.24, 2.45) is 11.8 Å². The minimum Gasteiger partial charge on any atom is -0.391 e. The SMILES string of the molecule is [B]C(=O)NC(CSc1cccc2ccccc12)C(=O)NC(CC)C(O)CC1CCCCC1C. The van der Waals surface area contributed by atoms with E-state index in [2.05, 4.69) is 17.6 Å². The van der Waals surface area contributed by atoms with Crippen LogP contribution >= 0.6 is 11.8 Å². The molecule has 3 rings (SSSR count). The van der Waals surface area contributed by atoms with Crippen molar-refractivity contribution in [3.63, 3.8) is 0 Å². The highest BCUT2D eigenvalue weighted by Crippen LogP contribution is 2.33. The fourth-order valence-electron chi connectivity index (χ4n) is 4.82. The summed E-state index contributed by atoms with van der Waals surface area (Å²) in [6.07, 6.45) is 5.51. The molecule has 33 heavy (non-hydrogen) atoms. The van der Waals surface area contributed by atoms with Crippen molar-refractivity contribution in [1.29, 1.82) is 0 Å². The Bertz CT molecular complexity index is 935. The van der Waals surface area contributed by atoms with Gasteiger partial charge in [-0.1, -0.05) is 75.9 Å². The summed E-state index contributed by atoms with van der Waals surface area (Å²) in [4.78, 5) is 25.7. The predicted octanol–water partition coefficient (Wildman–Crippen LogP) is 4.65. The second kappa shape index (κ2) is 12.5. The number of benzene rings is 2. The largest absolute Gasteiger partial charge is 0.391 e. The summed E-state index contributed by atoms with van der Waals surface area (Å²) in [5, 5.41) is 18.7. The molecule has 0 heterocycles. The number of aliphatic hydroxyl groups excluding tert-OH is 1. The number of hydrogen-bond donors (Lipinski definition) is 3. The Hall–Kier alpha value is -1.99. The standard InChI is InChI=1S/C26H35BN2O3S/c1-3-21(23(30)15-19-11-5-4-9-17(19)2)28-25(31)22(29-26(27)32)16-33-24-14-8-12-18-10-6-7-13-20(18)24/h6-8,10,12-14,17,19,21-23,30H,3-5,9,11,15-16H2,1-2H3,(H,28,31)(H,29,32). The highest BCUT2D eigenvalue weighted by molar-refractivity contribution is 7.99. The fraction of sp³-hybridized carbons (Fsp3) is 0.538. The van der Waals surface area contributed by atoms with Crippen molar-refractivity contribution in [1.82, 2.24) is 10.6 Å². The van der Waals surface area contributed by atoms with Crippen molar-refractivity contribution in [3.05, 3.63) is 42.5 Å². The molecule has 176 valence electrons. The molecule has 5 nitrogen and oxygen atoms in total. The molecule has 3 N–H and O–H groups in total. The van der Waals surface area contributed by atoms with Crippen LogP contribution in [0.2, 0.25) is 0 Å². The molecule has 1 aliphatic carbocycles. The van der Waals surface area contributed by atoms with Crippen LogP contribution in [-0.4, -0.2) is 48.6 Å². The Morgan fingerprint density at radius 1 is 1.12 bits per heavy atom. The second-order valence-corrected chi connectivity index (χ2v) is 10.3. The lowest BCUT2D eigenvalue weighted by Crippen LogP contribution is -2.53. The number of hydrogen-bond acceptors (Lipinski definition) is 4. The van der Waals surface area contributed by atoms with Gasteiger partial charge in [0.2, 0.25) is 13.8 Å². The van der Waals surface area contributed by atoms with E-state index in [0.29, 0.717) is 30.4 Å². The van der Waals surface area contributed by atoms with Crippen LogP contribution in [0.5, 0.6) is 0 Å². The maximum absolute atomic E-state index is 13.1. The van der Waals surface area contributed by atoms with Crippen molar-refractivity contribution in [2.75, 3.05) is 5.75 Å². The number of thioether (sulfide) groups is 1. The molecule has 1 aliphatic rings. The minimum absolute atomic E-state index is 0.316. The van der Waals surface area contributed by atoms with E-state index in [-0.39, 0.29) is 11.9 Å². The van der Waals surface area contributed by atoms with Gasteiger partial charge < -0.3 is 15.7 Å². The molecule has 0 bridgehead atoms. The van der Waals surface area contributed by atoms with E-state index in [4.69, 9.17) is 7.85 Å². The third-order valence-corrected chi connectivity index (χ3v) is 8.02. The van der Waals surface area contributed by atoms with E-state index in [0.717, 1.165) is 22.1 Å². The molecule has 0 aromatic heterocycles. The number of aliphatic hydroxyl groups is 1. The van der Waals surface area contributed by atoms with E-state index in [1.54, 1.807) is 0 Å². The Morgan fingerprint density at radius 2 is 1.85 bits per heavy atom. The summed E-state index contributed by atoms with van der Waals surface area (Å²) in [5.41, 5.74) is 0. The van der Waals surface area contributed by atoms with E-state index in [9.17, 15) is 14.7 Å². The molecule has 1 saturated carbocycles. The number of carbonyl (C=O) groups excluding carboxylic acids is 2. The van der Waals surface area contributed by atoms with Gasteiger partial charge in [0.25, 0.3) is 0 Å². The molecule has 5 unspecified atom stereocenters. The average molecular weight is 466 g/mol. The van der Waals surface area contributed by atoms with Gasteiger partial charge in [0.05, 0.1) is 12.1 Å². The minimum atomic E-state index is -0.790. The molecule has 2 amide bonds. The van der Waals surface area contributed by atoms with Gasteiger partial charge in [-0.05, 0) is 41.5 Å². The molecule has 0 aliphatic heterocycles. The zero-order valence-corrected chi connectivity index (χ0v) is 20.4. The summed E-state index contributed by atoms with van der Waals surface area (Å²) >= 11 is 1.51. The highest BCUT2D eigenvalue weighted by atomic mass is 32.2. The fourth-order valence-corrected chi connectivity index (χ4v) is 5.92. The molecular formula is C26H35BN2O3S. The molecular weight excluding hydrogens is 431 g/mol. The monoisotopic (exact) mass is 466 g/mol. The van der Waals surface area contributed by atoms with E-state index in [1.807, 2.05) is 49.4 Å². The van der Waals surface area contributed by atoms with Crippen LogP contribution in [0.4, 0.5) is 4.79 Å². The number of rotatable bonds is 10. The van der Waals surface area contributed by atoms with Crippen LogP contribution in [0, 0.1) is 11.8 Å². The first-order chi connectivity index (χ1) is 15.9. The number of amides is 2. The van der Waals surface area contributed by atoms with Crippen LogP contribution in [-0.2, 0) is 4.79 Å². The third-order valence-electron chi connectivity index (χ3n) is 6.85. The normalized spacial score (nSPS) is 21.2. The average Bonchev–Trinajstić information content (AvgIpc) is 2.81. The Balaban J connectivity index is 1.64. The zero-order valence-electron chi connectivity index (χ0n) is 19.6. The van der Waals surface area contributed by atoms with Crippen LogP contribution in [0.3, 0.4) is 0 Å². The van der Waals surface area contributed by atoms with Crippen molar-refractivity contribution in [2.45, 2.75) is 75.5 Å². The molecule has 0 spiro atoms. The molecule has 0 saturated heterocycles. The van der Waals surface area contributed by atoms with Gasteiger partial charge in [0, 0.05) is 10.6 Å². The Morgan fingerprint density at radius 3 is 2.58 bits per heavy atom. The lowest BCUT2D eigenvalue weighted by Gasteiger charge is -2.33. The third kappa shape index (κ3) is 7.25. The van der Waals surface area contributed by atoms with Gasteiger partial charge >= 0.3 is 0 Å². The summed E-state index contributed by atoms with van der Waals surface area (Å²) in [7, 11) is 5.36. The smallest absolute Gasteiger partial charge is 0.243 e. The van der Waals surface area contributed by atoms with Crippen LogP contribution in [0.15, 0.2) is 47.4 Å². The van der Waals surface area contributed by atoms with Crippen LogP contribution < -0.4 is 10.6 Å². The van der Waals surface area contributed by atoms with Gasteiger partial charge in [-0.3, -0.25) is 9.59 Å². The van der Waals surface area contributed by atoms with Crippen molar-refractivity contribution >= 4 is 42.1 Å². The van der Waals surface area contributed by atoms with Crippen LogP contribution in [0.1, 0.15) is 52.4 Å². The molecule has 5 atom stereocenters. The van der Waals surface area contributed by atoms with Crippen LogP contribution in [0.25, 0.3) is 10.8 Å². The summed E-state index contributed by atoms with van der Waals surface area (Å²) in [6.45, 7) is 4.22. The highest BCUT2D eigenvalue weighted by Gasteiger charge is 2.29. The maximum Gasteiger partial charge on any atom is 0.243 e. The summed E-state index contributed by atoms with van der Waals surface area (Å²) in [6, 6.07) is 13.0. The van der Waals surface area contributed by atoms with E-state index in [1.165, 1.54) is 31.0 Å². The lowest BCUT2D eigenvalue weighted by atomic mass is 9.76. The molecule has 2 aromatic rings. The van der Waals surface area contributed by atoms with Crippen molar-refractivity contribution < 1.29 is 14.7 Å². The molecule has 2 aromatic carbocycles. The number of fused-ring (bicyclic) bond motifs is 1. The molecule has 2 radical (unpaired) electrons. The first kappa shape index (κ1) is 25.6. The topological polar surface area (TPSA) is 78.4 Å². The molecule has 1 fully saturated rings. The van der Waals surface area contributed by atoms with Gasteiger partial charge in [-0.25, -0.2) is 0 Å². The Kier molecular flexibility index (Phi) is 9.69. The quantitative estimate of drug-likeness (QED) is 0.352. The van der Waals surface area contributed by atoms with Gasteiger partial charge in [-0.15, -0.1) is 11.8 Å². The maximum atomic E-state index is 13.1. The summed E-state index contributed by atoms with van der Waals surface area (Å²) in [5.74, 6) is 0.376. The number of nitrogens with one attached hydrogen (secondary N) is 2. The van der Waals surface area contributed by atoms with E-state index < -0.39 is 18.0 Å². The van der Waals surface area contributed by atoms with Gasteiger partial charge in [-0.2, -0.15) is 0 Å². The zero-order chi connectivity index (χ0) is 23.8. The second-order valence-electron chi connectivity index (χ2n) is 9.20. The first-order valence-electron chi connectivity index (χ1n) is 12.0. The molecule has 7 heteroatoms. The lowest BCUT2D eigenvalue weighted by molar-refractivity contribution is -0.124.